The van der Waals surface area contributed by atoms with Crippen LogP contribution in [0.4, 0.5) is 4.39 Å². The van der Waals surface area contributed by atoms with Crippen LogP contribution in [-0.2, 0) is 0 Å². The zero-order chi connectivity index (χ0) is 20.2. The summed E-state index contributed by atoms with van der Waals surface area (Å²) in [6, 6.07) is 15.6. The van der Waals surface area contributed by atoms with Gasteiger partial charge >= 0.3 is 0 Å². The number of piperidine rings is 1. The molecule has 5 heteroatoms. The first kappa shape index (κ1) is 19.5. The van der Waals surface area contributed by atoms with Crippen LogP contribution >= 0.6 is 0 Å². The van der Waals surface area contributed by atoms with Crippen LogP contribution in [0, 0.1) is 11.7 Å². The number of likely N-dealkylation sites (tertiary alicyclic amines) is 1. The molecule has 0 spiro atoms. The predicted octanol–water partition coefficient (Wildman–Crippen LogP) is 4.50. The van der Waals surface area contributed by atoms with E-state index in [1.165, 1.54) is 25.0 Å². The number of fused-ring (bicyclic) bond motifs is 1. The number of rotatable bonds is 5. The molecule has 1 N–H and O–H groups in total. The molecule has 2 aromatic carbocycles. The van der Waals surface area contributed by atoms with Crippen LogP contribution in [0.5, 0.6) is 0 Å². The highest BCUT2D eigenvalue weighted by Gasteiger charge is 2.18. The number of halogens is 1. The van der Waals surface area contributed by atoms with Gasteiger partial charge in [-0.1, -0.05) is 18.2 Å². The molecule has 2 heterocycles. The van der Waals surface area contributed by atoms with Crippen LogP contribution in [0.3, 0.4) is 0 Å². The number of benzene rings is 2. The molecule has 150 valence electrons. The third-order valence-corrected chi connectivity index (χ3v) is 5.78. The molecule has 1 saturated heterocycles. The summed E-state index contributed by atoms with van der Waals surface area (Å²) >= 11 is 0. The Morgan fingerprint density at radius 3 is 2.62 bits per heavy atom. The molecule has 1 aliphatic heterocycles. The Balaban J connectivity index is 1.53. The Kier molecular flexibility index (Phi) is 5.86. The molecule has 1 aliphatic rings. The van der Waals surface area contributed by atoms with Crippen LogP contribution in [0.15, 0.2) is 54.6 Å². The minimum atomic E-state index is -0.290. The molecule has 0 aliphatic carbocycles. The first-order chi connectivity index (χ1) is 14.1. The van der Waals surface area contributed by atoms with Crippen LogP contribution in [-0.4, -0.2) is 42.5 Å². The molecule has 0 radical (unpaired) electrons. The minimum absolute atomic E-state index is 0.0834. The lowest BCUT2D eigenvalue weighted by atomic mass is 9.94. The number of nitrogens with zero attached hydrogens (tertiary/aromatic N) is 2. The first-order valence-electron chi connectivity index (χ1n) is 10.2. The largest absolute Gasteiger partial charge is 0.352 e. The summed E-state index contributed by atoms with van der Waals surface area (Å²) in [6.07, 6.45) is 3.39. The van der Waals surface area contributed by atoms with Gasteiger partial charge in [-0.25, -0.2) is 9.37 Å². The van der Waals surface area contributed by atoms with E-state index in [1.807, 2.05) is 24.3 Å². The van der Waals surface area contributed by atoms with Crippen LogP contribution in [0.2, 0.25) is 0 Å². The zero-order valence-corrected chi connectivity index (χ0v) is 16.7. The molecule has 4 rings (SSSR count). The lowest BCUT2D eigenvalue weighted by Crippen LogP contribution is -2.32. The minimum Gasteiger partial charge on any atom is -0.352 e. The summed E-state index contributed by atoms with van der Waals surface area (Å²) in [7, 11) is 2.16. The number of nitrogens with one attached hydrogen (secondary N) is 1. The fourth-order valence-electron chi connectivity index (χ4n) is 3.97. The summed E-state index contributed by atoms with van der Waals surface area (Å²) in [5.41, 5.74) is 2.83. The maximum Gasteiger partial charge on any atom is 0.252 e. The molecule has 29 heavy (non-hydrogen) atoms. The monoisotopic (exact) mass is 391 g/mol. The van der Waals surface area contributed by atoms with Gasteiger partial charge in [0.05, 0.1) is 16.8 Å². The summed E-state index contributed by atoms with van der Waals surface area (Å²) < 4.78 is 13.3. The Morgan fingerprint density at radius 1 is 1.14 bits per heavy atom. The predicted molar refractivity (Wildman–Crippen MR) is 114 cm³/mol. The van der Waals surface area contributed by atoms with E-state index >= 15 is 0 Å². The van der Waals surface area contributed by atoms with E-state index in [-0.39, 0.29) is 11.7 Å². The van der Waals surface area contributed by atoms with Gasteiger partial charge in [0.2, 0.25) is 0 Å². The number of hydrogen-bond acceptors (Lipinski definition) is 3. The molecule has 0 atom stereocenters. The maximum atomic E-state index is 13.3. The number of carbonyl (C=O) groups excluding carboxylic acids is 1. The summed E-state index contributed by atoms with van der Waals surface area (Å²) in [4.78, 5) is 20.0. The molecule has 1 fully saturated rings. The van der Waals surface area contributed by atoms with Crippen LogP contribution < -0.4 is 5.32 Å². The highest BCUT2D eigenvalue weighted by molar-refractivity contribution is 6.07. The molecule has 1 aromatic heterocycles. The van der Waals surface area contributed by atoms with Crippen molar-refractivity contribution in [3.05, 3.63) is 66.0 Å². The summed E-state index contributed by atoms with van der Waals surface area (Å²) in [5, 5.41) is 3.93. The fourth-order valence-corrected chi connectivity index (χ4v) is 3.97. The average Bonchev–Trinajstić information content (AvgIpc) is 2.75. The number of pyridine rings is 1. The van der Waals surface area contributed by atoms with Crippen molar-refractivity contribution in [1.29, 1.82) is 0 Å². The van der Waals surface area contributed by atoms with Gasteiger partial charge in [0, 0.05) is 17.5 Å². The van der Waals surface area contributed by atoms with Crippen molar-refractivity contribution in [2.45, 2.75) is 19.3 Å². The van der Waals surface area contributed by atoms with Gasteiger partial charge in [-0.2, -0.15) is 0 Å². The molecule has 0 saturated carbocycles. The van der Waals surface area contributed by atoms with Gasteiger partial charge in [-0.3, -0.25) is 4.79 Å². The lowest BCUT2D eigenvalue weighted by Gasteiger charge is -2.28. The van der Waals surface area contributed by atoms with Crippen molar-refractivity contribution in [3.63, 3.8) is 0 Å². The SMILES string of the molecule is CN1CCC(CCNC(=O)c2cc(-c3ccc(F)cc3)nc3ccccc23)CC1. The van der Waals surface area contributed by atoms with E-state index in [2.05, 4.69) is 22.2 Å². The number of para-hydroxylation sites is 1. The van der Waals surface area contributed by atoms with E-state index in [0.717, 1.165) is 36.0 Å². The van der Waals surface area contributed by atoms with E-state index in [9.17, 15) is 9.18 Å². The van der Waals surface area contributed by atoms with Crippen molar-refractivity contribution in [1.82, 2.24) is 15.2 Å². The molecule has 3 aromatic rings. The quantitative estimate of drug-likeness (QED) is 0.696. The van der Waals surface area contributed by atoms with Crippen molar-refractivity contribution in [2.75, 3.05) is 26.7 Å². The van der Waals surface area contributed by atoms with E-state index in [4.69, 9.17) is 0 Å². The van der Waals surface area contributed by atoms with E-state index in [1.54, 1.807) is 18.2 Å². The second kappa shape index (κ2) is 8.70. The van der Waals surface area contributed by atoms with Crippen LogP contribution in [0.25, 0.3) is 22.2 Å². The third-order valence-electron chi connectivity index (χ3n) is 5.78. The Bertz CT molecular complexity index is 995. The highest BCUT2D eigenvalue weighted by Crippen LogP contribution is 2.25. The molecule has 4 nitrogen and oxygen atoms in total. The number of carbonyl (C=O) groups is 1. The van der Waals surface area contributed by atoms with Crippen molar-refractivity contribution >= 4 is 16.8 Å². The first-order valence-corrected chi connectivity index (χ1v) is 10.2. The number of amides is 1. The smallest absolute Gasteiger partial charge is 0.252 e. The Morgan fingerprint density at radius 2 is 1.86 bits per heavy atom. The van der Waals surface area contributed by atoms with Crippen molar-refractivity contribution < 1.29 is 9.18 Å². The summed E-state index contributed by atoms with van der Waals surface area (Å²) in [6.45, 7) is 2.94. The van der Waals surface area contributed by atoms with Gasteiger partial charge in [0.15, 0.2) is 0 Å². The second-order valence-corrected chi connectivity index (χ2v) is 7.87. The maximum absolute atomic E-state index is 13.3. The Labute approximate surface area is 170 Å². The summed E-state index contributed by atoms with van der Waals surface area (Å²) in [5.74, 6) is 0.303. The number of aromatic nitrogens is 1. The molecule has 0 unspecified atom stereocenters. The standard InChI is InChI=1S/C24H26FN3O/c1-28-14-11-17(12-15-28)10-13-26-24(29)21-16-23(18-6-8-19(25)9-7-18)27-22-5-3-2-4-20(21)22/h2-9,16-17H,10-15H2,1H3,(H,26,29). The molecule has 1 amide bonds. The van der Waals surface area contributed by atoms with Gasteiger partial charge < -0.3 is 10.2 Å². The Hall–Kier alpha value is -2.79. The highest BCUT2D eigenvalue weighted by atomic mass is 19.1. The van der Waals surface area contributed by atoms with E-state index in [0.29, 0.717) is 23.7 Å². The molecule has 0 bridgehead atoms. The van der Waals surface area contributed by atoms with Gasteiger partial charge in [-0.15, -0.1) is 0 Å². The van der Waals surface area contributed by atoms with Gasteiger partial charge in [0.1, 0.15) is 5.82 Å². The van der Waals surface area contributed by atoms with Crippen molar-refractivity contribution in [2.24, 2.45) is 5.92 Å². The van der Waals surface area contributed by atoms with Gasteiger partial charge in [-0.05, 0) is 81.7 Å². The normalized spacial score (nSPS) is 15.5. The zero-order valence-electron chi connectivity index (χ0n) is 16.7. The van der Waals surface area contributed by atoms with Crippen LogP contribution in [0.1, 0.15) is 29.6 Å². The fraction of sp³-hybridized carbons (Fsp3) is 0.333. The average molecular weight is 391 g/mol. The second-order valence-electron chi connectivity index (χ2n) is 7.87. The van der Waals surface area contributed by atoms with E-state index < -0.39 is 0 Å². The molecular weight excluding hydrogens is 365 g/mol. The number of hydrogen-bond donors (Lipinski definition) is 1. The van der Waals surface area contributed by atoms with Gasteiger partial charge in [0.25, 0.3) is 5.91 Å². The molecular formula is C24H26FN3O. The lowest BCUT2D eigenvalue weighted by molar-refractivity contribution is 0.0950. The third kappa shape index (κ3) is 4.62. The topological polar surface area (TPSA) is 45.2 Å². The van der Waals surface area contributed by atoms with Crippen molar-refractivity contribution in [3.8, 4) is 11.3 Å².